The maximum atomic E-state index is 12.5. The first-order valence-electron chi connectivity index (χ1n) is 8.47. The van der Waals surface area contributed by atoms with Gasteiger partial charge in [-0.1, -0.05) is 12.1 Å². The molecule has 2 aromatic rings. The Morgan fingerprint density at radius 2 is 1.79 bits per heavy atom. The standard InChI is InChI=1S/C19H15F3N2O5/c1-28-18(27)24(17(26)12-2-3-12)16-9-13(8-14(10-25)23-16)11-4-6-15(7-5-11)29-19(20,21)22/h4-10,12H,2-3H2,1H3. The van der Waals surface area contributed by atoms with E-state index >= 15 is 0 Å². The molecule has 0 radical (unpaired) electrons. The molecule has 0 spiro atoms. The summed E-state index contributed by atoms with van der Waals surface area (Å²) in [4.78, 5) is 40.7. The SMILES string of the molecule is COC(=O)N(C(=O)C1CC1)c1cc(-c2ccc(OC(F)(F)F)cc2)cc(C=O)n1. The van der Waals surface area contributed by atoms with Crippen LogP contribution in [0.2, 0.25) is 0 Å². The summed E-state index contributed by atoms with van der Waals surface area (Å²) in [6.07, 6.45) is -4.07. The molecular weight excluding hydrogens is 393 g/mol. The van der Waals surface area contributed by atoms with Crippen LogP contribution in [0.5, 0.6) is 5.75 Å². The minimum absolute atomic E-state index is 0.0642. The Bertz CT molecular complexity index is 940. The number of pyridine rings is 1. The smallest absolute Gasteiger partial charge is 0.452 e. The van der Waals surface area contributed by atoms with Gasteiger partial charge in [0.05, 0.1) is 7.11 Å². The summed E-state index contributed by atoms with van der Waals surface area (Å²) in [6, 6.07) is 7.67. The molecule has 1 aliphatic carbocycles. The number of alkyl halides is 3. The van der Waals surface area contributed by atoms with Gasteiger partial charge < -0.3 is 9.47 Å². The van der Waals surface area contributed by atoms with Crippen LogP contribution in [-0.2, 0) is 9.53 Å². The Balaban J connectivity index is 1.99. The summed E-state index contributed by atoms with van der Waals surface area (Å²) in [5.74, 6) is -1.33. The number of carbonyl (C=O) groups is 3. The first-order chi connectivity index (χ1) is 13.7. The lowest BCUT2D eigenvalue weighted by Gasteiger charge is -2.19. The zero-order chi connectivity index (χ0) is 21.2. The summed E-state index contributed by atoms with van der Waals surface area (Å²) in [6.45, 7) is 0. The molecule has 1 aromatic carbocycles. The molecule has 152 valence electrons. The summed E-state index contributed by atoms with van der Waals surface area (Å²) >= 11 is 0. The van der Waals surface area contributed by atoms with E-state index in [2.05, 4.69) is 14.5 Å². The van der Waals surface area contributed by atoms with Crippen LogP contribution in [0.4, 0.5) is 23.8 Å². The number of benzene rings is 1. The van der Waals surface area contributed by atoms with E-state index in [1.54, 1.807) is 0 Å². The Kier molecular flexibility index (Phi) is 5.53. The largest absolute Gasteiger partial charge is 0.573 e. The number of hydrogen-bond donors (Lipinski definition) is 0. The van der Waals surface area contributed by atoms with Crippen molar-refractivity contribution in [2.45, 2.75) is 19.2 Å². The average Bonchev–Trinajstić information content (AvgIpc) is 3.52. The van der Waals surface area contributed by atoms with Crippen LogP contribution in [0.15, 0.2) is 36.4 Å². The van der Waals surface area contributed by atoms with Gasteiger partial charge >= 0.3 is 12.5 Å². The molecule has 0 atom stereocenters. The van der Waals surface area contributed by atoms with Crippen molar-refractivity contribution in [1.82, 2.24) is 4.98 Å². The quantitative estimate of drug-likeness (QED) is 0.696. The molecule has 10 heteroatoms. The lowest BCUT2D eigenvalue weighted by Crippen LogP contribution is -2.38. The lowest BCUT2D eigenvalue weighted by atomic mass is 10.1. The number of rotatable bonds is 5. The van der Waals surface area contributed by atoms with Gasteiger partial charge in [0.1, 0.15) is 17.3 Å². The van der Waals surface area contributed by atoms with E-state index in [0.717, 1.165) is 24.1 Å². The molecule has 0 bridgehead atoms. The van der Waals surface area contributed by atoms with Crippen LogP contribution in [0.3, 0.4) is 0 Å². The number of carbonyl (C=O) groups excluding carboxylic acids is 3. The van der Waals surface area contributed by atoms with E-state index in [4.69, 9.17) is 0 Å². The van der Waals surface area contributed by atoms with Crippen molar-refractivity contribution < 1.29 is 37.0 Å². The topological polar surface area (TPSA) is 85.8 Å². The van der Waals surface area contributed by atoms with Crippen molar-refractivity contribution in [1.29, 1.82) is 0 Å². The van der Waals surface area contributed by atoms with Crippen LogP contribution < -0.4 is 9.64 Å². The normalized spacial score (nSPS) is 13.5. The number of nitrogens with zero attached hydrogens (tertiary/aromatic N) is 2. The predicted molar refractivity (Wildman–Crippen MR) is 94.4 cm³/mol. The number of halogens is 3. The highest BCUT2D eigenvalue weighted by atomic mass is 19.4. The van der Waals surface area contributed by atoms with Crippen LogP contribution >= 0.6 is 0 Å². The summed E-state index contributed by atoms with van der Waals surface area (Å²) in [7, 11) is 1.11. The molecule has 7 nitrogen and oxygen atoms in total. The minimum Gasteiger partial charge on any atom is -0.452 e. The number of methoxy groups -OCH3 is 1. The van der Waals surface area contributed by atoms with Gasteiger partial charge in [-0.25, -0.2) is 9.78 Å². The second-order valence-corrected chi connectivity index (χ2v) is 6.25. The number of amides is 2. The Labute approximate surface area is 163 Å². The fraction of sp³-hybridized carbons (Fsp3) is 0.263. The fourth-order valence-electron chi connectivity index (χ4n) is 2.63. The lowest BCUT2D eigenvalue weighted by molar-refractivity contribution is -0.274. The number of aromatic nitrogens is 1. The third-order valence-electron chi connectivity index (χ3n) is 4.11. The highest BCUT2D eigenvalue weighted by molar-refractivity contribution is 6.13. The van der Waals surface area contributed by atoms with Crippen LogP contribution in [0.25, 0.3) is 11.1 Å². The molecule has 3 rings (SSSR count). The molecule has 1 heterocycles. The van der Waals surface area contributed by atoms with Crippen molar-refractivity contribution in [3.05, 3.63) is 42.1 Å². The Morgan fingerprint density at radius 1 is 1.14 bits per heavy atom. The van der Waals surface area contributed by atoms with Gasteiger partial charge in [0.25, 0.3) is 0 Å². The molecule has 1 aromatic heterocycles. The zero-order valence-electron chi connectivity index (χ0n) is 15.1. The number of hydrogen-bond acceptors (Lipinski definition) is 6. The average molecular weight is 408 g/mol. The predicted octanol–water partition coefficient (Wildman–Crippen LogP) is 3.97. The fourth-order valence-corrected chi connectivity index (χ4v) is 2.63. The van der Waals surface area contributed by atoms with Crippen molar-refractivity contribution in [2.24, 2.45) is 5.92 Å². The van der Waals surface area contributed by atoms with Gasteiger partial charge in [-0.2, -0.15) is 4.90 Å². The number of ether oxygens (including phenoxy) is 2. The zero-order valence-corrected chi connectivity index (χ0v) is 15.1. The van der Waals surface area contributed by atoms with Gasteiger partial charge in [0.2, 0.25) is 5.91 Å². The molecule has 2 amide bonds. The third kappa shape index (κ3) is 4.89. The van der Waals surface area contributed by atoms with Crippen molar-refractivity contribution in [3.8, 4) is 16.9 Å². The second-order valence-electron chi connectivity index (χ2n) is 6.25. The van der Waals surface area contributed by atoms with Gasteiger partial charge in [0.15, 0.2) is 6.29 Å². The molecule has 0 aliphatic heterocycles. The second kappa shape index (κ2) is 7.90. The third-order valence-corrected chi connectivity index (χ3v) is 4.11. The van der Waals surface area contributed by atoms with Crippen LogP contribution in [-0.4, -0.2) is 36.7 Å². The minimum atomic E-state index is -4.82. The molecule has 1 saturated carbocycles. The Morgan fingerprint density at radius 3 is 2.31 bits per heavy atom. The summed E-state index contributed by atoms with van der Waals surface area (Å²) in [5, 5.41) is 0. The molecule has 0 N–H and O–H groups in total. The number of aldehydes is 1. The molecular formula is C19H15F3N2O5. The first-order valence-corrected chi connectivity index (χ1v) is 8.47. The molecule has 1 fully saturated rings. The van der Waals surface area contributed by atoms with Gasteiger partial charge in [0, 0.05) is 5.92 Å². The van der Waals surface area contributed by atoms with Gasteiger partial charge in [-0.15, -0.1) is 13.2 Å². The Hall–Kier alpha value is -3.43. The maximum absolute atomic E-state index is 12.5. The first kappa shape index (κ1) is 20.3. The summed E-state index contributed by atoms with van der Waals surface area (Å²) < 4.78 is 45.4. The summed E-state index contributed by atoms with van der Waals surface area (Å²) in [5.41, 5.74) is 0.730. The van der Waals surface area contributed by atoms with E-state index in [1.807, 2.05) is 0 Å². The highest BCUT2D eigenvalue weighted by Crippen LogP contribution is 2.34. The van der Waals surface area contributed by atoms with Crippen molar-refractivity contribution in [2.75, 3.05) is 12.0 Å². The van der Waals surface area contributed by atoms with E-state index in [9.17, 15) is 27.6 Å². The highest BCUT2D eigenvalue weighted by Gasteiger charge is 2.38. The van der Waals surface area contributed by atoms with Crippen LogP contribution in [0.1, 0.15) is 23.3 Å². The van der Waals surface area contributed by atoms with E-state index in [1.165, 1.54) is 24.3 Å². The van der Waals surface area contributed by atoms with Gasteiger partial charge in [-0.05, 0) is 48.2 Å². The molecule has 1 aliphatic rings. The van der Waals surface area contributed by atoms with Crippen LogP contribution in [0, 0.1) is 5.92 Å². The molecule has 29 heavy (non-hydrogen) atoms. The van der Waals surface area contributed by atoms with Gasteiger partial charge in [-0.3, -0.25) is 9.59 Å². The molecule has 0 saturated heterocycles. The molecule has 0 unspecified atom stereocenters. The number of anilines is 1. The van der Waals surface area contributed by atoms with Crippen molar-refractivity contribution in [3.63, 3.8) is 0 Å². The monoisotopic (exact) mass is 408 g/mol. The number of imide groups is 1. The van der Waals surface area contributed by atoms with Crippen molar-refractivity contribution >= 4 is 24.1 Å². The van der Waals surface area contributed by atoms with E-state index in [-0.39, 0.29) is 17.4 Å². The van der Waals surface area contributed by atoms with E-state index in [0.29, 0.717) is 30.3 Å². The maximum Gasteiger partial charge on any atom is 0.573 e. The van der Waals surface area contributed by atoms with E-state index < -0.39 is 24.1 Å².